The molecule has 1 aliphatic heterocycles. The van der Waals surface area contributed by atoms with Gasteiger partial charge in [0.2, 0.25) is 5.91 Å². The van der Waals surface area contributed by atoms with Gasteiger partial charge >= 0.3 is 0 Å². The van der Waals surface area contributed by atoms with Crippen molar-refractivity contribution in [2.75, 3.05) is 18.5 Å². The van der Waals surface area contributed by atoms with Crippen molar-refractivity contribution < 1.29 is 9.53 Å². The van der Waals surface area contributed by atoms with E-state index in [4.69, 9.17) is 4.74 Å². The van der Waals surface area contributed by atoms with E-state index < -0.39 is 0 Å². The van der Waals surface area contributed by atoms with Crippen molar-refractivity contribution >= 4 is 11.6 Å². The molecule has 1 amide bonds. The number of anilines is 1. The molecule has 3 nitrogen and oxygen atoms in total. The van der Waals surface area contributed by atoms with Crippen LogP contribution >= 0.6 is 0 Å². The summed E-state index contributed by atoms with van der Waals surface area (Å²) >= 11 is 0. The second-order valence-electron chi connectivity index (χ2n) is 5.54. The number of rotatable bonds is 4. The Labute approximate surface area is 109 Å². The van der Waals surface area contributed by atoms with Crippen LogP contribution in [-0.4, -0.2) is 19.1 Å². The fourth-order valence-corrected chi connectivity index (χ4v) is 1.85. The third-order valence-corrected chi connectivity index (χ3v) is 3.80. The average molecular weight is 247 g/mol. The minimum absolute atomic E-state index is 0.0211. The van der Waals surface area contributed by atoms with Gasteiger partial charge in [-0.3, -0.25) is 4.79 Å². The maximum Gasteiger partial charge on any atom is 0.232 e. The molecular weight excluding hydrogens is 226 g/mol. The summed E-state index contributed by atoms with van der Waals surface area (Å²) < 4.78 is 5.03. The first kappa shape index (κ1) is 13.1. The summed E-state index contributed by atoms with van der Waals surface area (Å²) in [5, 5.41) is 2.96. The minimum Gasteiger partial charge on any atom is -0.380 e. The zero-order valence-electron chi connectivity index (χ0n) is 11.3. The summed E-state index contributed by atoms with van der Waals surface area (Å²) in [5.74, 6) is 0.0838. The van der Waals surface area contributed by atoms with Crippen LogP contribution in [-0.2, 0) is 14.9 Å². The molecule has 0 atom stereocenters. The SMILES string of the molecule is CCC(C)(C)c1cccc(NC(=O)C2COC2)c1. The zero-order chi connectivity index (χ0) is 13.2. The van der Waals surface area contributed by atoms with Gasteiger partial charge in [-0.2, -0.15) is 0 Å². The third-order valence-electron chi connectivity index (χ3n) is 3.80. The standard InChI is InChI=1S/C15H21NO2/c1-4-15(2,3)12-6-5-7-13(8-12)16-14(17)11-9-18-10-11/h5-8,11H,4,9-10H2,1-3H3,(H,16,17). The van der Waals surface area contributed by atoms with Crippen LogP contribution in [0.3, 0.4) is 0 Å². The Hall–Kier alpha value is -1.35. The van der Waals surface area contributed by atoms with Crippen molar-refractivity contribution in [3.8, 4) is 0 Å². The molecule has 1 fully saturated rings. The van der Waals surface area contributed by atoms with Crippen LogP contribution in [0.2, 0.25) is 0 Å². The molecule has 1 aromatic carbocycles. The summed E-state index contributed by atoms with van der Waals surface area (Å²) in [7, 11) is 0. The number of nitrogens with one attached hydrogen (secondary N) is 1. The fraction of sp³-hybridized carbons (Fsp3) is 0.533. The lowest BCUT2D eigenvalue weighted by molar-refractivity contribution is -0.133. The van der Waals surface area contributed by atoms with Crippen molar-refractivity contribution in [1.82, 2.24) is 0 Å². The highest BCUT2D eigenvalue weighted by atomic mass is 16.5. The first-order valence-electron chi connectivity index (χ1n) is 6.52. The Morgan fingerprint density at radius 2 is 2.17 bits per heavy atom. The number of amides is 1. The highest BCUT2D eigenvalue weighted by Crippen LogP contribution is 2.28. The molecule has 0 bridgehead atoms. The number of hydrogen-bond acceptors (Lipinski definition) is 2. The lowest BCUT2D eigenvalue weighted by Crippen LogP contribution is -2.38. The summed E-state index contributed by atoms with van der Waals surface area (Å²) in [6, 6.07) is 8.12. The normalized spacial score (nSPS) is 16.2. The van der Waals surface area contributed by atoms with Crippen molar-refractivity contribution in [3.63, 3.8) is 0 Å². The van der Waals surface area contributed by atoms with Crippen molar-refractivity contribution in [3.05, 3.63) is 29.8 Å². The fourth-order valence-electron chi connectivity index (χ4n) is 1.85. The molecule has 0 radical (unpaired) electrons. The van der Waals surface area contributed by atoms with Gasteiger partial charge in [0.1, 0.15) is 0 Å². The Balaban J connectivity index is 2.09. The molecule has 98 valence electrons. The van der Waals surface area contributed by atoms with Crippen LogP contribution in [0.5, 0.6) is 0 Å². The van der Waals surface area contributed by atoms with Gasteiger partial charge in [-0.15, -0.1) is 0 Å². The first-order valence-corrected chi connectivity index (χ1v) is 6.52. The summed E-state index contributed by atoms with van der Waals surface area (Å²) in [6.45, 7) is 7.70. The molecule has 1 aromatic rings. The van der Waals surface area contributed by atoms with E-state index in [0.29, 0.717) is 13.2 Å². The zero-order valence-corrected chi connectivity index (χ0v) is 11.3. The van der Waals surface area contributed by atoms with Gasteiger partial charge in [0.05, 0.1) is 19.1 Å². The Morgan fingerprint density at radius 1 is 1.44 bits per heavy atom. The number of carbonyl (C=O) groups excluding carboxylic acids is 1. The van der Waals surface area contributed by atoms with Crippen molar-refractivity contribution in [2.45, 2.75) is 32.6 Å². The molecule has 0 unspecified atom stereocenters. The Morgan fingerprint density at radius 3 is 2.72 bits per heavy atom. The summed E-state index contributed by atoms with van der Waals surface area (Å²) in [6.07, 6.45) is 1.07. The second-order valence-corrected chi connectivity index (χ2v) is 5.54. The van der Waals surface area contributed by atoms with E-state index in [2.05, 4.69) is 38.2 Å². The summed E-state index contributed by atoms with van der Waals surface area (Å²) in [4.78, 5) is 11.8. The maximum absolute atomic E-state index is 11.8. The first-order chi connectivity index (χ1) is 8.53. The van der Waals surface area contributed by atoms with Gasteiger partial charge in [0, 0.05) is 5.69 Å². The number of benzene rings is 1. The van der Waals surface area contributed by atoms with Gasteiger partial charge in [-0.05, 0) is 29.5 Å². The molecular formula is C15H21NO2. The number of hydrogen-bond donors (Lipinski definition) is 1. The number of ether oxygens (including phenoxy) is 1. The molecule has 0 aromatic heterocycles. The lowest BCUT2D eigenvalue weighted by atomic mass is 9.82. The van der Waals surface area contributed by atoms with Crippen LogP contribution in [0.4, 0.5) is 5.69 Å². The van der Waals surface area contributed by atoms with Crippen LogP contribution in [0.1, 0.15) is 32.8 Å². The molecule has 1 saturated heterocycles. The molecule has 1 N–H and O–H groups in total. The highest BCUT2D eigenvalue weighted by molar-refractivity contribution is 5.93. The summed E-state index contributed by atoms with van der Waals surface area (Å²) in [5.41, 5.74) is 2.28. The Bertz CT molecular complexity index is 436. The highest BCUT2D eigenvalue weighted by Gasteiger charge is 2.26. The van der Waals surface area contributed by atoms with Crippen LogP contribution in [0.25, 0.3) is 0 Å². The van der Waals surface area contributed by atoms with E-state index in [1.54, 1.807) is 0 Å². The Kier molecular flexibility index (Phi) is 3.71. The quantitative estimate of drug-likeness (QED) is 0.888. The molecule has 18 heavy (non-hydrogen) atoms. The van der Waals surface area contributed by atoms with Crippen LogP contribution in [0.15, 0.2) is 24.3 Å². The van der Waals surface area contributed by atoms with E-state index in [0.717, 1.165) is 12.1 Å². The third kappa shape index (κ3) is 2.72. The van der Waals surface area contributed by atoms with E-state index in [-0.39, 0.29) is 17.2 Å². The van der Waals surface area contributed by atoms with Gasteiger partial charge in [-0.1, -0.05) is 32.9 Å². The average Bonchev–Trinajstić information content (AvgIpc) is 2.27. The molecule has 3 heteroatoms. The molecule has 0 saturated carbocycles. The van der Waals surface area contributed by atoms with Gasteiger partial charge in [0.25, 0.3) is 0 Å². The van der Waals surface area contributed by atoms with Crippen molar-refractivity contribution in [1.29, 1.82) is 0 Å². The van der Waals surface area contributed by atoms with E-state index in [1.807, 2.05) is 12.1 Å². The number of carbonyl (C=O) groups is 1. The molecule has 2 rings (SSSR count). The lowest BCUT2D eigenvalue weighted by Gasteiger charge is -2.26. The smallest absolute Gasteiger partial charge is 0.232 e. The van der Waals surface area contributed by atoms with E-state index >= 15 is 0 Å². The molecule has 0 spiro atoms. The van der Waals surface area contributed by atoms with Gasteiger partial charge < -0.3 is 10.1 Å². The van der Waals surface area contributed by atoms with Crippen molar-refractivity contribution in [2.24, 2.45) is 5.92 Å². The van der Waals surface area contributed by atoms with Crippen LogP contribution < -0.4 is 5.32 Å². The molecule has 1 aliphatic rings. The van der Waals surface area contributed by atoms with Crippen LogP contribution in [0, 0.1) is 5.92 Å². The largest absolute Gasteiger partial charge is 0.380 e. The van der Waals surface area contributed by atoms with Gasteiger partial charge in [0.15, 0.2) is 0 Å². The minimum atomic E-state index is 0.0211. The van der Waals surface area contributed by atoms with E-state index in [9.17, 15) is 4.79 Å². The van der Waals surface area contributed by atoms with E-state index in [1.165, 1.54) is 5.56 Å². The molecule has 0 aliphatic carbocycles. The second kappa shape index (κ2) is 5.11. The van der Waals surface area contributed by atoms with Gasteiger partial charge in [-0.25, -0.2) is 0 Å². The topological polar surface area (TPSA) is 38.3 Å². The predicted molar refractivity (Wildman–Crippen MR) is 72.7 cm³/mol. The monoisotopic (exact) mass is 247 g/mol. The molecule has 1 heterocycles. The maximum atomic E-state index is 11.8. The predicted octanol–water partition coefficient (Wildman–Crippen LogP) is 2.96.